The van der Waals surface area contributed by atoms with Crippen LogP contribution in [0.15, 0.2) is 36.5 Å². The van der Waals surface area contributed by atoms with Gasteiger partial charge in [-0.3, -0.25) is 14.9 Å². The monoisotopic (exact) mass is 361 g/mol. The van der Waals surface area contributed by atoms with Gasteiger partial charge < -0.3 is 9.64 Å². The summed E-state index contributed by atoms with van der Waals surface area (Å²) in [6.45, 7) is 2.82. The minimum Gasteiger partial charge on any atom is -0.472 e. The number of carbonyl (C=O) groups is 1. The van der Waals surface area contributed by atoms with Gasteiger partial charge in [-0.1, -0.05) is 17.7 Å². The number of rotatable bonds is 4. The Hall–Kier alpha value is -2.67. The molecule has 0 radical (unpaired) electrons. The van der Waals surface area contributed by atoms with E-state index in [1.54, 1.807) is 17.2 Å². The van der Waals surface area contributed by atoms with Crippen molar-refractivity contribution in [1.82, 2.24) is 9.88 Å². The molecule has 1 saturated heterocycles. The molecule has 1 aliphatic heterocycles. The summed E-state index contributed by atoms with van der Waals surface area (Å²) >= 11 is 6.04. The smallest absolute Gasteiger partial charge is 0.270 e. The lowest BCUT2D eigenvalue weighted by atomic mass is 10.2. The van der Waals surface area contributed by atoms with E-state index in [0.29, 0.717) is 25.4 Å². The third-order valence-electron chi connectivity index (χ3n) is 4.00. The zero-order chi connectivity index (χ0) is 18.0. The number of nitrogens with zero attached hydrogens (tertiary/aromatic N) is 3. The maximum Gasteiger partial charge on any atom is 0.270 e. The molecule has 1 atom stereocenters. The third-order valence-corrected chi connectivity index (χ3v) is 4.32. The molecule has 0 saturated carbocycles. The summed E-state index contributed by atoms with van der Waals surface area (Å²) < 4.78 is 5.79. The molecule has 2 aromatic rings. The number of ether oxygens (including phenoxy) is 1. The van der Waals surface area contributed by atoms with Crippen LogP contribution in [-0.4, -0.2) is 39.9 Å². The molecule has 1 amide bonds. The van der Waals surface area contributed by atoms with Gasteiger partial charge in [0.15, 0.2) is 0 Å². The number of aryl methyl sites for hydroxylation is 1. The van der Waals surface area contributed by atoms with Crippen LogP contribution in [-0.2, 0) is 0 Å². The van der Waals surface area contributed by atoms with Crippen LogP contribution in [0.1, 0.15) is 22.3 Å². The average Bonchev–Trinajstić information content (AvgIpc) is 3.05. The van der Waals surface area contributed by atoms with Crippen molar-refractivity contribution in [2.75, 3.05) is 13.1 Å². The lowest BCUT2D eigenvalue weighted by molar-refractivity contribution is -0.384. The molecule has 25 heavy (non-hydrogen) atoms. The largest absolute Gasteiger partial charge is 0.472 e. The second kappa shape index (κ2) is 7.06. The fraction of sp³-hybridized carbons (Fsp3) is 0.294. The van der Waals surface area contributed by atoms with E-state index in [0.717, 1.165) is 5.56 Å². The Morgan fingerprint density at radius 1 is 1.40 bits per heavy atom. The summed E-state index contributed by atoms with van der Waals surface area (Å²) in [6, 6.07) is 7.55. The van der Waals surface area contributed by atoms with Crippen molar-refractivity contribution in [3.05, 3.63) is 62.8 Å². The topological polar surface area (TPSA) is 85.6 Å². The van der Waals surface area contributed by atoms with Gasteiger partial charge in [-0.05, 0) is 18.6 Å². The van der Waals surface area contributed by atoms with Crippen molar-refractivity contribution in [2.24, 2.45) is 0 Å². The number of aromatic nitrogens is 1. The predicted molar refractivity (Wildman–Crippen MR) is 92.0 cm³/mol. The van der Waals surface area contributed by atoms with E-state index in [4.69, 9.17) is 16.3 Å². The molecule has 1 fully saturated rings. The first-order valence-electron chi connectivity index (χ1n) is 7.76. The van der Waals surface area contributed by atoms with Crippen LogP contribution in [0.5, 0.6) is 5.88 Å². The molecule has 1 unspecified atom stereocenters. The molecular formula is C17H16ClN3O4. The molecule has 1 aromatic carbocycles. The fourth-order valence-electron chi connectivity index (χ4n) is 2.66. The van der Waals surface area contributed by atoms with Gasteiger partial charge in [0, 0.05) is 37.4 Å². The molecule has 130 valence electrons. The highest BCUT2D eigenvalue weighted by Gasteiger charge is 2.30. The number of hydrogen-bond acceptors (Lipinski definition) is 5. The third kappa shape index (κ3) is 3.88. The van der Waals surface area contributed by atoms with Crippen molar-refractivity contribution < 1.29 is 14.5 Å². The van der Waals surface area contributed by atoms with E-state index in [2.05, 4.69) is 4.98 Å². The molecule has 8 heteroatoms. The van der Waals surface area contributed by atoms with Crippen LogP contribution in [0.2, 0.25) is 5.02 Å². The zero-order valence-corrected chi connectivity index (χ0v) is 14.3. The molecule has 0 aliphatic carbocycles. The Morgan fingerprint density at radius 2 is 2.20 bits per heavy atom. The number of amides is 1. The highest BCUT2D eigenvalue weighted by molar-refractivity contribution is 6.33. The van der Waals surface area contributed by atoms with Crippen molar-refractivity contribution in [3.8, 4) is 5.88 Å². The lowest BCUT2D eigenvalue weighted by Crippen LogP contribution is -2.31. The Kier molecular flexibility index (Phi) is 4.85. The van der Waals surface area contributed by atoms with Crippen molar-refractivity contribution in [1.29, 1.82) is 0 Å². The summed E-state index contributed by atoms with van der Waals surface area (Å²) in [4.78, 5) is 28.8. The van der Waals surface area contributed by atoms with Gasteiger partial charge in [0.1, 0.15) is 6.10 Å². The normalized spacial score (nSPS) is 16.7. The van der Waals surface area contributed by atoms with Gasteiger partial charge >= 0.3 is 0 Å². The van der Waals surface area contributed by atoms with Crippen LogP contribution in [0.3, 0.4) is 0 Å². The Labute approximate surface area is 149 Å². The minimum atomic E-state index is -0.550. The predicted octanol–water partition coefficient (Wildman–Crippen LogP) is 3.25. The first-order valence-corrected chi connectivity index (χ1v) is 8.14. The molecule has 7 nitrogen and oxygen atoms in total. The number of nitro benzene ring substituents is 1. The van der Waals surface area contributed by atoms with E-state index in [-0.39, 0.29) is 28.3 Å². The first kappa shape index (κ1) is 17.2. The maximum absolute atomic E-state index is 12.6. The first-order chi connectivity index (χ1) is 11.9. The molecule has 0 bridgehead atoms. The SMILES string of the molecule is Cc1ccc(OC2CCN(C(=O)c3cc([N+](=O)[O-])ccc3Cl)C2)nc1. The molecule has 0 spiro atoms. The van der Waals surface area contributed by atoms with Gasteiger partial charge in [0.05, 0.1) is 22.1 Å². The summed E-state index contributed by atoms with van der Waals surface area (Å²) in [5.41, 5.74) is 1.00. The lowest BCUT2D eigenvalue weighted by Gasteiger charge is -2.17. The van der Waals surface area contributed by atoms with Crippen molar-refractivity contribution >= 4 is 23.2 Å². The van der Waals surface area contributed by atoms with E-state index < -0.39 is 4.92 Å². The van der Waals surface area contributed by atoms with E-state index in [9.17, 15) is 14.9 Å². The molecule has 3 rings (SSSR count). The second-order valence-corrected chi connectivity index (χ2v) is 6.28. The Bertz CT molecular complexity index is 810. The van der Waals surface area contributed by atoms with Gasteiger partial charge in [-0.25, -0.2) is 4.98 Å². The molecular weight excluding hydrogens is 346 g/mol. The summed E-state index contributed by atoms with van der Waals surface area (Å²) in [6.07, 6.45) is 2.21. The van der Waals surface area contributed by atoms with E-state index in [1.165, 1.54) is 18.2 Å². The number of pyridine rings is 1. The fourth-order valence-corrected chi connectivity index (χ4v) is 2.86. The quantitative estimate of drug-likeness (QED) is 0.616. The van der Waals surface area contributed by atoms with Gasteiger partial charge in [-0.2, -0.15) is 0 Å². The highest BCUT2D eigenvalue weighted by atomic mass is 35.5. The van der Waals surface area contributed by atoms with Crippen LogP contribution in [0.25, 0.3) is 0 Å². The van der Waals surface area contributed by atoms with Gasteiger partial charge in [0.2, 0.25) is 5.88 Å². The van der Waals surface area contributed by atoms with E-state index in [1.807, 2.05) is 13.0 Å². The number of nitro groups is 1. The van der Waals surface area contributed by atoms with Gasteiger partial charge in [-0.15, -0.1) is 0 Å². The van der Waals surface area contributed by atoms with Crippen LogP contribution >= 0.6 is 11.6 Å². The zero-order valence-electron chi connectivity index (χ0n) is 13.5. The molecule has 2 heterocycles. The van der Waals surface area contributed by atoms with Gasteiger partial charge in [0.25, 0.3) is 11.6 Å². The number of hydrogen-bond donors (Lipinski definition) is 0. The summed E-state index contributed by atoms with van der Waals surface area (Å²) in [5, 5.41) is 11.1. The minimum absolute atomic E-state index is 0.130. The number of likely N-dealkylation sites (tertiary alicyclic amines) is 1. The maximum atomic E-state index is 12.6. The summed E-state index contributed by atoms with van der Waals surface area (Å²) in [7, 11) is 0. The summed E-state index contributed by atoms with van der Waals surface area (Å²) in [5.74, 6) is 0.176. The average molecular weight is 362 g/mol. The van der Waals surface area contributed by atoms with Crippen LogP contribution in [0.4, 0.5) is 5.69 Å². The standard InChI is InChI=1S/C17H16ClN3O4/c1-11-2-5-16(19-9-11)25-13-6-7-20(10-13)17(22)14-8-12(21(23)24)3-4-15(14)18/h2-5,8-9,13H,6-7,10H2,1H3. The molecule has 1 aromatic heterocycles. The number of non-ortho nitro benzene ring substituents is 1. The number of benzene rings is 1. The molecule has 0 N–H and O–H groups in total. The number of halogens is 1. The second-order valence-electron chi connectivity index (χ2n) is 5.87. The van der Waals surface area contributed by atoms with Crippen LogP contribution < -0.4 is 4.74 Å². The Balaban J connectivity index is 1.69. The number of carbonyl (C=O) groups excluding carboxylic acids is 1. The van der Waals surface area contributed by atoms with E-state index >= 15 is 0 Å². The molecule has 1 aliphatic rings. The van der Waals surface area contributed by atoms with Crippen LogP contribution in [0, 0.1) is 17.0 Å². The van der Waals surface area contributed by atoms with Crippen molar-refractivity contribution in [3.63, 3.8) is 0 Å². The highest BCUT2D eigenvalue weighted by Crippen LogP contribution is 2.25. The van der Waals surface area contributed by atoms with Crippen molar-refractivity contribution in [2.45, 2.75) is 19.4 Å². The Morgan fingerprint density at radius 3 is 2.88 bits per heavy atom.